The summed E-state index contributed by atoms with van der Waals surface area (Å²) in [7, 11) is 4.22. The molecule has 0 aliphatic heterocycles. The van der Waals surface area contributed by atoms with E-state index in [0.717, 1.165) is 0 Å². The maximum absolute atomic E-state index is 3.61. The van der Waals surface area contributed by atoms with Gasteiger partial charge in [0.2, 0.25) is 0 Å². The van der Waals surface area contributed by atoms with E-state index in [4.69, 9.17) is 0 Å². The summed E-state index contributed by atoms with van der Waals surface area (Å²) in [4.78, 5) is 3.41. The zero-order valence-electron chi connectivity index (χ0n) is 9.52. The molecule has 0 heterocycles. The van der Waals surface area contributed by atoms with Crippen LogP contribution in [0.3, 0.4) is 0 Å². The third-order valence-electron chi connectivity index (χ3n) is 2.72. The normalized spacial score (nSPS) is 20.5. The van der Waals surface area contributed by atoms with Gasteiger partial charge in [-0.05, 0) is 38.9 Å². The highest BCUT2D eigenvalue weighted by Gasteiger charge is 2.35. The van der Waals surface area contributed by atoms with Gasteiger partial charge >= 0.3 is 0 Å². The molecule has 1 nitrogen and oxygen atoms in total. The van der Waals surface area contributed by atoms with Gasteiger partial charge in [-0.15, -0.1) is 0 Å². The summed E-state index contributed by atoms with van der Waals surface area (Å²) < 4.78 is 0. The lowest BCUT2D eigenvalue weighted by molar-refractivity contribution is 0.320. The second-order valence-corrected chi connectivity index (χ2v) is 4.96. The monoisotopic (exact) mass is 276 g/mol. The van der Waals surface area contributed by atoms with Crippen molar-refractivity contribution in [2.24, 2.45) is 0 Å². The molecule has 0 saturated heterocycles. The first-order chi connectivity index (χ1) is 7.70. The van der Waals surface area contributed by atoms with Crippen molar-refractivity contribution in [3.8, 4) is 0 Å². The Morgan fingerprint density at radius 1 is 1.06 bits per heavy atom. The molecule has 0 bridgehead atoms. The summed E-state index contributed by atoms with van der Waals surface area (Å²) >= 11 is 3.61. The molecule has 83 valence electrons. The number of benzene rings is 1. The molecule has 1 aliphatic rings. The van der Waals surface area contributed by atoms with Crippen molar-refractivity contribution in [2.75, 3.05) is 14.1 Å². The molecule has 1 atom stereocenters. The summed E-state index contributed by atoms with van der Waals surface area (Å²) in [6.45, 7) is 0. The topological polar surface area (TPSA) is 3.24 Å². The Morgan fingerprint density at radius 3 is 2.25 bits per heavy atom. The Labute approximate surface area is 107 Å². The maximum Gasteiger partial charge on any atom is 0.0538 e. The largest absolute Gasteiger partial charge is 0.302 e. The smallest absolute Gasteiger partial charge is 0.0538 e. The SMILES string of the molecule is CN(C)[C@@H]([C]1[CH][CH][CH][C]1Br)c1ccccc1. The molecule has 1 aromatic carbocycles. The maximum atomic E-state index is 3.61. The van der Waals surface area contributed by atoms with Crippen LogP contribution in [0.15, 0.2) is 30.3 Å². The lowest BCUT2D eigenvalue weighted by atomic mass is 9.91. The second-order valence-electron chi connectivity index (χ2n) is 4.11. The van der Waals surface area contributed by atoms with Crippen LogP contribution < -0.4 is 0 Å². The third-order valence-corrected chi connectivity index (χ3v) is 3.44. The first-order valence-corrected chi connectivity index (χ1v) is 6.12. The molecule has 1 aromatic rings. The van der Waals surface area contributed by atoms with Crippen LogP contribution in [0, 0.1) is 30.0 Å². The Bertz CT molecular complexity index is 323. The van der Waals surface area contributed by atoms with Crippen LogP contribution in [0.5, 0.6) is 0 Å². The standard InChI is InChI=1S/C14H15BrN/c1-16(2)14(11-7-4-3-5-8-11)12-9-6-10-13(12)15/h3-10,14H,1-2H3/t14-/m1/s1. The van der Waals surface area contributed by atoms with Crippen LogP contribution in [0.1, 0.15) is 11.6 Å². The molecule has 1 saturated carbocycles. The van der Waals surface area contributed by atoms with Crippen LogP contribution in [-0.2, 0) is 0 Å². The molecule has 0 spiro atoms. The van der Waals surface area contributed by atoms with Gasteiger partial charge in [0.1, 0.15) is 0 Å². The molecule has 0 unspecified atom stereocenters. The first-order valence-electron chi connectivity index (χ1n) is 5.32. The summed E-state index contributed by atoms with van der Waals surface area (Å²) in [6, 6.07) is 10.9. The molecule has 2 heteroatoms. The Morgan fingerprint density at radius 2 is 1.75 bits per heavy atom. The summed E-state index contributed by atoms with van der Waals surface area (Å²) in [5.41, 5.74) is 1.32. The van der Waals surface area contributed by atoms with Gasteiger partial charge in [0.25, 0.3) is 0 Å². The van der Waals surface area contributed by atoms with Gasteiger partial charge in [-0.3, -0.25) is 0 Å². The van der Waals surface area contributed by atoms with Crippen molar-refractivity contribution in [1.29, 1.82) is 0 Å². The number of rotatable bonds is 3. The van der Waals surface area contributed by atoms with Gasteiger partial charge in [0.05, 0.1) is 4.83 Å². The van der Waals surface area contributed by atoms with Crippen molar-refractivity contribution in [2.45, 2.75) is 6.04 Å². The Kier molecular flexibility index (Phi) is 4.04. The quantitative estimate of drug-likeness (QED) is 0.818. The lowest BCUT2D eigenvalue weighted by Crippen LogP contribution is -2.26. The first kappa shape index (κ1) is 12.1. The van der Waals surface area contributed by atoms with E-state index in [-0.39, 0.29) is 0 Å². The summed E-state index contributed by atoms with van der Waals surface area (Å²) in [5, 5.41) is 0. The lowest BCUT2D eigenvalue weighted by Gasteiger charge is -2.31. The number of hydrogen-bond donors (Lipinski definition) is 0. The highest BCUT2D eigenvalue weighted by atomic mass is 79.9. The average Bonchev–Trinajstić information content (AvgIpc) is 2.66. The highest BCUT2D eigenvalue weighted by molar-refractivity contribution is 9.11. The van der Waals surface area contributed by atoms with Crippen molar-refractivity contribution in [3.05, 3.63) is 65.9 Å². The Hall–Kier alpha value is -0.340. The van der Waals surface area contributed by atoms with Gasteiger partial charge in [0.15, 0.2) is 0 Å². The van der Waals surface area contributed by atoms with Crippen LogP contribution in [0.4, 0.5) is 0 Å². The fourth-order valence-electron chi connectivity index (χ4n) is 2.03. The molecule has 1 fully saturated rings. The predicted octanol–water partition coefficient (Wildman–Crippen LogP) is 3.42. The van der Waals surface area contributed by atoms with Crippen molar-refractivity contribution in [3.63, 3.8) is 0 Å². The molecule has 16 heavy (non-hydrogen) atoms. The van der Waals surface area contributed by atoms with Gasteiger partial charge in [-0.1, -0.05) is 46.3 Å². The minimum Gasteiger partial charge on any atom is -0.302 e. The molecular weight excluding hydrogens is 262 g/mol. The van der Waals surface area contributed by atoms with Crippen LogP contribution in [-0.4, -0.2) is 19.0 Å². The average molecular weight is 277 g/mol. The number of hydrogen-bond acceptors (Lipinski definition) is 1. The fourth-order valence-corrected chi connectivity index (χ4v) is 2.53. The highest BCUT2D eigenvalue weighted by Crippen LogP contribution is 2.46. The summed E-state index contributed by atoms with van der Waals surface area (Å²) in [5.74, 6) is 1.32. The fraction of sp³-hybridized carbons (Fsp3) is 0.214. The van der Waals surface area contributed by atoms with Crippen molar-refractivity contribution < 1.29 is 0 Å². The molecule has 5 radical (unpaired) electrons. The van der Waals surface area contributed by atoms with Crippen LogP contribution >= 0.6 is 15.9 Å². The van der Waals surface area contributed by atoms with E-state index in [1.54, 1.807) is 0 Å². The van der Waals surface area contributed by atoms with E-state index in [1.165, 1.54) is 16.3 Å². The number of halogens is 1. The summed E-state index contributed by atoms with van der Waals surface area (Å²) in [6.07, 6.45) is 6.34. The van der Waals surface area contributed by atoms with Gasteiger partial charge in [-0.25, -0.2) is 0 Å². The molecule has 0 N–H and O–H groups in total. The van der Waals surface area contributed by atoms with Crippen molar-refractivity contribution >= 4 is 15.9 Å². The molecule has 2 rings (SSSR count). The van der Waals surface area contributed by atoms with E-state index in [2.05, 4.69) is 84.5 Å². The van der Waals surface area contributed by atoms with E-state index < -0.39 is 0 Å². The van der Waals surface area contributed by atoms with Gasteiger partial charge < -0.3 is 4.90 Å². The van der Waals surface area contributed by atoms with Gasteiger partial charge in [-0.2, -0.15) is 0 Å². The molecule has 1 aliphatic carbocycles. The zero-order chi connectivity index (χ0) is 11.5. The number of nitrogens with zero attached hydrogens (tertiary/aromatic N) is 1. The van der Waals surface area contributed by atoms with E-state index in [0.29, 0.717) is 6.04 Å². The van der Waals surface area contributed by atoms with E-state index >= 15 is 0 Å². The minimum absolute atomic E-state index is 0.311. The predicted molar refractivity (Wildman–Crippen MR) is 71.2 cm³/mol. The molecule has 0 amide bonds. The second kappa shape index (κ2) is 5.33. The zero-order valence-corrected chi connectivity index (χ0v) is 11.1. The minimum atomic E-state index is 0.311. The van der Waals surface area contributed by atoms with Crippen LogP contribution in [0.25, 0.3) is 0 Å². The third kappa shape index (κ3) is 2.49. The van der Waals surface area contributed by atoms with E-state index in [1.807, 2.05) is 0 Å². The molecule has 0 aromatic heterocycles. The van der Waals surface area contributed by atoms with Crippen molar-refractivity contribution in [1.82, 2.24) is 4.90 Å². The van der Waals surface area contributed by atoms with Crippen LogP contribution in [0.2, 0.25) is 0 Å². The van der Waals surface area contributed by atoms with Gasteiger partial charge in [0, 0.05) is 12.0 Å². The van der Waals surface area contributed by atoms with E-state index in [9.17, 15) is 0 Å². The Balaban J connectivity index is 2.24. The molecular formula is C14H15BrN.